The lowest BCUT2D eigenvalue weighted by molar-refractivity contribution is -0.0921. The van der Waals surface area contributed by atoms with E-state index < -0.39 is 0 Å². The summed E-state index contributed by atoms with van der Waals surface area (Å²) >= 11 is 0. The fourth-order valence-corrected chi connectivity index (χ4v) is 2.72. The predicted octanol–water partition coefficient (Wildman–Crippen LogP) is 1.76. The number of aromatic nitrogens is 2. The van der Waals surface area contributed by atoms with E-state index in [1.807, 2.05) is 12.4 Å². The quantitative estimate of drug-likeness (QED) is 0.619. The van der Waals surface area contributed by atoms with Crippen molar-refractivity contribution in [3.05, 3.63) is 18.2 Å². The Morgan fingerprint density at radius 3 is 3.06 bits per heavy atom. The maximum Gasteiger partial charge on any atom is 0.130 e. The number of hydrogen-bond donors (Lipinski definition) is 2. The average molecular weight is 252 g/mol. The third kappa shape index (κ3) is 2.58. The summed E-state index contributed by atoms with van der Waals surface area (Å²) in [5, 5.41) is 0. The zero-order valence-electron chi connectivity index (χ0n) is 11.4. The van der Waals surface area contributed by atoms with Crippen molar-refractivity contribution in [1.29, 1.82) is 0 Å². The molecule has 1 aromatic rings. The molecule has 0 aromatic carbocycles. The largest absolute Gasteiger partial charge is 0.373 e. The van der Waals surface area contributed by atoms with Crippen LogP contribution in [-0.4, -0.2) is 21.8 Å². The highest BCUT2D eigenvalue weighted by Gasteiger charge is 2.39. The number of nitrogens with zero attached hydrogens (tertiary/aromatic N) is 2. The lowest BCUT2D eigenvalue weighted by atomic mass is 9.88. The van der Waals surface area contributed by atoms with Gasteiger partial charge in [0, 0.05) is 25.5 Å². The summed E-state index contributed by atoms with van der Waals surface area (Å²) in [6.45, 7) is 6.06. The maximum absolute atomic E-state index is 5.98. The third-order valence-electron chi connectivity index (χ3n) is 3.75. The molecule has 1 aliphatic rings. The summed E-state index contributed by atoms with van der Waals surface area (Å²) in [5.74, 6) is 6.74. The van der Waals surface area contributed by atoms with Gasteiger partial charge in [-0.2, -0.15) is 0 Å². The molecule has 1 aromatic heterocycles. The minimum absolute atomic E-state index is 0.0562. The van der Waals surface area contributed by atoms with Gasteiger partial charge in [-0.1, -0.05) is 6.92 Å². The predicted molar refractivity (Wildman–Crippen MR) is 70.8 cm³/mol. The SMILES string of the molecule is CCCn1ccnc1C(NN)C1(C)CCCCO1. The van der Waals surface area contributed by atoms with E-state index in [0.717, 1.165) is 38.2 Å². The highest BCUT2D eigenvalue weighted by Crippen LogP contribution is 2.35. The molecule has 1 saturated heterocycles. The zero-order valence-corrected chi connectivity index (χ0v) is 11.4. The summed E-state index contributed by atoms with van der Waals surface area (Å²) in [7, 11) is 0. The van der Waals surface area contributed by atoms with Gasteiger partial charge in [-0.05, 0) is 32.6 Å². The van der Waals surface area contributed by atoms with E-state index in [1.54, 1.807) is 0 Å². The molecule has 0 radical (unpaired) electrons. The lowest BCUT2D eigenvalue weighted by Gasteiger charge is -2.39. The Bertz CT molecular complexity index is 371. The van der Waals surface area contributed by atoms with Gasteiger partial charge < -0.3 is 9.30 Å². The van der Waals surface area contributed by atoms with Crippen LogP contribution >= 0.6 is 0 Å². The average Bonchev–Trinajstić information content (AvgIpc) is 2.79. The molecular weight excluding hydrogens is 228 g/mol. The highest BCUT2D eigenvalue weighted by molar-refractivity contribution is 5.07. The van der Waals surface area contributed by atoms with Crippen molar-refractivity contribution in [2.75, 3.05) is 6.61 Å². The molecule has 0 saturated carbocycles. The van der Waals surface area contributed by atoms with Crippen LogP contribution in [0.2, 0.25) is 0 Å². The number of hydrazine groups is 1. The van der Waals surface area contributed by atoms with E-state index in [2.05, 4.69) is 28.8 Å². The van der Waals surface area contributed by atoms with E-state index in [9.17, 15) is 0 Å². The molecule has 2 rings (SSSR count). The van der Waals surface area contributed by atoms with Crippen molar-refractivity contribution in [3.8, 4) is 0 Å². The number of aryl methyl sites for hydroxylation is 1. The summed E-state index contributed by atoms with van der Waals surface area (Å²) < 4.78 is 8.14. The van der Waals surface area contributed by atoms with E-state index in [0.29, 0.717) is 0 Å². The topological polar surface area (TPSA) is 65.1 Å². The Hall–Kier alpha value is -0.910. The monoisotopic (exact) mass is 252 g/mol. The van der Waals surface area contributed by atoms with Crippen molar-refractivity contribution >= 4 is 0 Å². The molecule has 0 amide bonds. The second-order valence-electron chi connectivity index (χ2n) is 5.20. The first-order chi connectivity index (χ1) is 8.71. The molecule has 18 heavy (non-hydrogen) atoms. The molecule has 5 nitrogen and oxygen atoms in total. The van der Waals surface area contributed by atoms with Crippen LogP contribution in [0.1, 0.15) is 51.4 Å². The van der Waals surface area contributed by atoms with E-state index >= 15 is 0 Å². The molecule has 0 bridgehead atoms. The summed E-state index contributed by atoms with van der Waals surface area (Å²) in [5.41, 5.74) is 2.65. The Balaban J connectivity index is 2.23. The number of rotatable bonds is 5. The van der Waals surface area contributed by atoms with E-state index in [1.165, 1.54) is 6.42 Å². The number of nitrogens with one attached hydrogen (secondary N) is 1. The molecule has 0 spiro atoms. The van der Waals surface area contributed by atoms with Crippen molar-refractivity contribution < 1.29 is 4.74 Å². The van der Waals surface area contributed by atoms with Crippen LogP contribution in [0.15, 0.2) is 12.4 Å². The summed E-state index contributed by atoms with van der Waals surface area (Å²) in [4.78, 5) is 4.47. The first-order valence-electron chi connectivity index (χ1n) is 6.82. The van der Waals surface area contributed by atoms with Gasteiger partial charge >= 0.3 is 0 Å². The molecule has 1 aliphatic heterocycles. The fourth-order valence-electron chi connectivity index (χ4n) is 2.72. The number of hydrogen-bond acceptors (Lipinski definition) is 4. The van der Waals surface area contributed by atoms with Gasteiger partial charge in [0.15, 0.2) is 0 Å². The van der Waals surface area contributed by atoms with Gasteiger partial charge in [0.05, 0.1) is 5.60 Å². The molecule has 1 fully saturated rings. The maximum atomic E-state index is 5.98. The molecule has 2 unspecified atom stereocenters. The number of imidazole rings is 1. The summed E-state index contributed by atoms with van der Waals surface area (Å²) in [6.07, 6.45) is 8.26. The Morgan fingerprint density at radius 1 is 1.61 bits per heavy atom. The van der Waals surface area contributed by atoms with Gasteiger partial charge in [-0.3, -0.25) is 5.84 Å². The van der Waals surface area contributed by atoms with Gasteiger partial charge in [-0.15, -0.1) is 0 Å². The minimum Gasteiger partial charge on any atom is -0.373 e. The smallest absolute Gasteiger partial charge is 0.130 e. The molecule has 5 heteroatoms. The van der Waals surface area contributed by atoms with Crippen LogP contribution in [0.3, 0.4) is 0 Å². The lowest BCUT2D eigenvalue weighted by Crippen LogP contribution is -2.49. The normalized spacial score (nSPS) is 26.2. The van der Waals surface area contributed by atoms with Crippen LogP contribution in [0.4, 0.5) is 0 Å². The van der Waals surface area contributed by atoms with Gasteiger partial charge in [0.25, 0.3) is 0 Å². The number of nitrogens with two attached hydrogens (primary N) is 1. The Kier molecular flexibility index (Phi) is 4.37. The van der Waals surface area contributed by atoms with Crippen LogP contribution in [0.25, 0.3) is 0 Å². The summed E-state index contributed by atoms with van der Waals surface area (Å²) in [6, 6.07) is -0.0562. The van der Waals surface area contributed by atoms with Crippen molar-refractivity contribution in [3.63, 3.8) is 0 Å². The van der Waals surface area contributed by atoms with Crippen molar-refractivity contribution in [2.45, 2.75) is 57.7 Å². The third-order valence-corrected chi connectivity index (χ3v) is 3.75. The van der Waals surface area contributed by atoms with Crippen molar-refractivity contribution in [1.82, 2.24) is 15.0 Å². The standard InChI is InChI=1S/C13H24N4O/c1-3-8-17-9-7-15-12(17)11(16-14)13(2)6-4-5-10-18-13/h7,9,11,16H,3-6,8,10,14H2,1-2H3. The zero-order chi connectivity index (χ0) is 13.0. The molecule has 2 atom stereocenters. The second-order valence-corrected chi connectivity index (χ2v) is 5.20. The number of ether oxygens (including phenoxy) is 1. The Morgan fingerprint density at radius 2 is 2.44 bits per heavy atom. The van der Waals surface area contributed by atoms with Gasteiger partial charge in [0.2, 0.25) is 0 Å². The van der Waals surface area contributed by atoms with Crippen LogP contribution < -0.4 is 11.3 Å². The fraction of sp³-hybridized carbons (Fsp3) is 0.769. The molecule has 0 aliphatic carbocycles. The first-order valence-corrected chi connectivity index (χ1v) is 6.82. The molecule has 2 heterocycles. The minimum atomic E-state index is -0.260. The second kappa shape index (κ2) is 5.82. The molecular formula is C13H24N4O. The van der Waals surface area contributed by atoms with E-state index in [-0.39, 0.29) is 11.6 Å². The molecule has 102 valence electrons. The highest BCUT2D eigenvalue weighted by atomic mass is 16.5. The van der Waals surface area contributed by atoms with Crippen LogP contribution in [-0.2, 0) is 11.3 Å². The van der Waals surface area contributed by atoms with Crippen LogP contribution in [0, 0.1) is 0 Å². The van der Waals surface area contributed by atoms with Crippen LogP contribution in [0.5, 0.6) is 0 Å². The van der Waals surface area contributed by atoms with Gasteiger partial charge in [-0.25, -0.2) is 10.4 Å². The van der Waals surface area contributed by atoms with E-state index in [4.69, 9.17) is 10.6 Å². The van der Waals surface area contributed by atoms with Crippen molar-refractivity contribution in [2.24, 2.45) is 5.84 Å². The first kappa shape index (κ1) is 13.5. The Labute approximate surface area is 109 Å². The van der Waals surface area contributed by atoms with Gasteiger partial charge in [0.1, 0.15) is 11.9 Å². The molecule has 3 N–H and O–H groups in total.